The first-order valence-electron chi connectivity index (χ1n) is 5.19. The Morgan fingerprint density at radius 1 is 1.35 bits per heavy atom. The third-order valence-electron chi connectivity index (χ3n) is 2.65. The molecule has 0 radical (unpaired) electrons. The van der Waals surface area contributed by atoms with Crippen LogP contribution in [-0.2, 0) is 5.41 Å². The first-order valence-corrected chi connectivity index (χ1v) is 5.19. The second-order valence-corrected chi connectivity index (χ2v) is 4.95. The minimum atomic E-state index is -0.335. The molecule has 2 heterocycles. The molecule has 0 spiro atoms. The van der Waals surface area contributed by atoms with Crippen molar-refractivity contribution in [3.8, 4) is 17.7 Å². The summed E-state index contributed by atoms with van der Waals surface area (Å²) in [6.45, 7) is 5.81. The van der Waals surface area contributed by atoms with Crippen LogP contribution in [-0.4, -0.2) is 20.2 Å². The fourth-order valence-electron chi connectivity index (χ4n) is 1.99. The summed E-state index contributed by atoms with van der Waals surface area (Å²) in [5.74, 6) is -0.581. The molecule has 0 saturated carbocycles. The van der Waals surface area contributed by atoms with Crippen LogP contribution in [0.15, 0.2) is 6.20 Å². The Morgan fingerprint density at radius 3 is 2.53 bits per heavy atom. The zero-order valence-corrected chi connectivity index (χ0v) is 9.87. The monoisotopic (exact) mass is 231 g/mol. The van der Waals surface area contributed by atoms with E-state index in [4.69, 9.17) is 5.26 Å². The van der Waals surface area contributed by atoms with E-state index in [2.05, 4.69) is 16.0 Å². The van der Waals surface area contributed by atoms with Crippen molar-refractivity contribution in [2.75, 3.05) is 0 Å². The molecule has 0 bridgehead atoms. The van der Waals surface area contributed by atoms with Crippen molar-refractivity contribution in [2.24, 2.45) is 0 Å². The zero-order valence-electron chi connectivity index (χ0n) is 9.87. The predicted octanol–water partition coefficient (Wildman–Crippen LogP) is 2.14. The lowest BCUT2D eigenvalue weighted by atomic mass is 9.83. The van der Waals surface area contributed by atoms with Crippen molar-refractivity contribution in [2.45, 2.75) is 26.2 Å². The molecule has 3 N–H and O–H groups in total. The van der Waals surface area contributed by atoms with Crippen molar-refractivity contribution >= 4 is 11.0 Å². The summed E-state index contributed by atoms with van der Waals surface area (Å²) >= 11 is 0. The van der Waals surface area contributed by atoms with Crippen LogP contribution in [0.2, 0.25) is 0 Å². The van der Waals surface area contributed by atoms with Gasteiger partial charge in [0.25, 0.3) is 0 Å². The van der Waals surface area contributed by atoms with E-state index in [-0.39, 0.29) is 17.0 Å². The minimum Gasteiger partial charge on any atom is -0.503 e. The number of aromatic amines is 1. The van der Waals surface area contributed by atoms with Crippen molar-refractivity contribution in [3.05, 3.63) is 17.3 Å². The summed E-state index contributed by atoms with van der Waals surface area (Å²) in [5.41, 5.74) is 1.13. The second-order valence-electron chi connectivity index (χ2n) is 4.95. The summed E-state index contributed by atoms with van der Waals surface area (Å²) in [7, 11) is 0. The summed E-state index contributed by atoms with van der Waals surface area (Å²) in [6, 6.07) is 2.06. The largest absolute Gasteiger partial charge is 0.503 e. The number of nitrogens with zero attached hydrogens (tertiary/aromatic N) is 2. The second kappa shape index (κ2) is 3.39. The van der Waals surface area contributed by atoms with Crippen LogP contribution < -0.4 is 0 Å². The summed E-state index contributed by atoms with van der Waals surface area (Å²) in [5, 5.41) is 28.8. The third kappa shape index (κ3) is 1.58. The van der Waals surface area contributed by atoms with E-state index < -0.39 is 0 Å². The molecule has 0 atom stereocenters. The van der Waals surface area contributed by atoms with Gasteiger partial charge in [-0.25, -0.2) is 4.98 Å². The lowest BCUT2D eigenvalue weighted by Crippen LogP contribution is -2.14. The number of aromatic hydroxyl groups is 2. The molecule has 0 aliphatic rings. The summed E-state index contributed by atoms with van der Waals surface area (Å²) < 4.78 is 0. The standard InChI is InChI=1S/C12H13N3O2/c1-12(2,3)8-6(4-13)5-14-10-7(8)9(16)11(17)15-10/h5,16-17H,1-3H3,(H,14,15). The highest BCUT2D eigenvalue weighted by Gasteiger charge is 2.26. The Bertz CT molecular complexity index is 630. The molecule has 17 heavy (non-hydrogen) atoms. The third-order valence-corrected chi connectivity index (χ3v) is 2.65. The number of fused-ring (bicyclic) bond motifs is 1. The fraction of sp³-hybridized carbons (Fsp3) is 0.333. The van der Waals surface area contributed by atoms with E-state index in [0.717, 1.165) is 0 Å². The van der Waals surface area contributed by atoms with Crippen molar-refractivity contribution < 1.29 is 10.2 Å². The van der Waals surface area contributed by atoms with E-state index >= 15 is 0 Å². The topological polar surface area (TPSA) is 92.9 Å². The molecule has 88 valence electrons. The summed E-state index contributed by atoms with van der Waals surface area (Å²) in [4.78, 5) is 6.59. The molecular weight excluding hydrogens is 218 g/mol. The molecule has 0 fully saturated rings. The molecule has 2 aromatic rings. The van der Waals surface area contributed by atoms with E-state index in [1.807, 2.05) is 20.8 Å². The van der Waals surface area contributed by atoms with Gasteiger partial charge in [-0.1, -0.05) is 20.8 Å². The minimum absolute atomic E-state index is 0.255. The summed E-state index contributed by atoms with van der Waals surface area (Å²) in [6.07, 6.45) is 1.44. The molecule has 0 aliphatic carbocycles. The number of pyridine rings is 1. The highest BCUT2D eigenvalue weighted by molar-refractivity contribution is 5.91. The van der Waals surface area contributed by atoms with Crippen LogP contribution in [0.5, 0.6) is 11.6 Å². The van der Waals surface area contributed by atoms with Gasteiger partial charge >= 0.3 is 0 Å². The Balaban J connectivity index is 2.99. The predicted molar refractivity (Wildman–Crippen MR) is 62.8 cm³/mol. The van der Waals surface area contributed by atoms with Crippen LogP contribution in [0.4, 0.5) is 0 Å². The molecule has 0 amide bonds. The SMILES string of the molecule is CC(C)(C)c1c(C#N)cnc2[nH]c(O)c(O)c12. The van der Waals surface area contributed by atoms with E-state index in [1.54, 1.807) is 0 Å². The zero-order chi connectivity index (χ0) is 12.8. The maximum atomic E-state index is 9.83. The first-order chi connectivity index (χ1) is 7.86. The highest BCUT2D eigenvalue weighted by Crippen LogP contribution is 2.40. The number of rotatable bonds is 0. The van der Waals surface area contributed by atoms with Gasteiger partial charge < -0.3 is 15.2 Å². The van der Waals surface area contributed by atoms with Gasteiger partial charge in [0.1, 0.15) is 11.7 Å². The first kappa shape index (κ1) is 11.3. The van der Waals surface area contributed by atoms with Crippen LogP contribution in [0.3, 0.4) is 0 Å². The molecule has 2 aromatic heterocycles. The lowest BCUT2D eigenvalue weighted by molar-refractivity contribution is 0.398. The van der Waals surface area contributed by atoms with Gasteiger partial charge in [0.15, 0.2) is 5.75 Å². The highest BCUT2D eigenvalue weighted by atomic mass is 16.3. The van der Waals surface area contributed by atoms with Crippen LogP contribution in [0.1, 0.15) is 31.9 Å². The molecule has 0 aliphatic heterocycles. The van der Waals surface area contributed by atoms with Gasteiger partial charge in [-0.2, -0.15) is 5.26 Å². The Kier molecular flexibility index (Phi) is 2.25. The lowest BCUT2D eigenvalue weighted by Gasteiger charge is -2.21. The van der Waals surface area contributed by atoms with Crippen molar-refractivity contribution in [1.82, 2.24) is 9.97 Å². The fourth-order valence-corrected chi connectivity index (χ4v) is 1.99. The molecule has 5 nitrogen and oxygen atoms in total. The van der Waals surface area contributed by atoms with Crippen LogP contribution in [0, 0.1) is 11.3 Å². The number of hydrogen-bond acceptors (Lipinski definition) is 4. The van der Waals surface area contributed by atoms with Crippen LogP contribution in [0.25, 0.3) is 11.0 Å². The maximum absolute atomic E-state index is 9.83. The van der Waals surface area contributed by atoms with E-state index in [1.165, 1.54) is 6.20 Å². The van der Waals surface area contributed by atoms with Gasteiger partial charge in [0, 0.05) is 6.20 Å². The molecule has 2 rings (SSSR count). The average molecular weight is 231 g/mol. The van der Waals surface area contributed by atoms with Gasteiger partial charge in [-0.15, -0.1) is 0 Å². The van der Waals surface area contributed by atoms with Gasteiger partial charge in [0.05, 0.1) is 10.9 Å². The molecule has 5 heteroatoms. The molecule has 0 saturated heterocycles. The Labute approximate surface area is 98.3 Å². The number of aromatic nitrogens is 2. The van der Waals surface area contributed by atoms with E-state index in [0.29, 0.717) is 22.2 Å². The maximum Gasteiger partial charge on any atom is 0.234 e. The van der Waals surface area contributed by atoms with Gasteiger partial charge in [0.2, 0.25) is 5.88 Å². The Morgan fingerprint density at radius 2 is 2.00 bits per heavy atom. The molecular formula is C12H13N3O2. The average Bonchev–Trinajstić information content (AvgIpc) is 2.52. The van der Waals surface area contributed by atoms with Gasteiger partial charge in [-0.3, -0.25) is 0 Å². The van der Waals surface area contributed by atoms with Gasteiger partial charge in [-0.05, 0) is 11.0 Å². The smallest absolute Gasteiger partial charge is 0.234 e. The van der Waals surface area contributed by atoms with E-state index in [9.17, 15) is 10.2 Å². The number of hydrogen-bond donors (Lipinski definition) is 3. The number of H-pyrrole nitrogens is 1. The normalized spacial score (nSPS) is 11.6. The molecule has 0 unspecified atom stereocenters. The Hall–Kier alpha value is -2.22. The number of nitrogens with one attached hydrogen (secondary N) is 1. The van der Waals surface area contributed by atoms with Crippen molar-refractivity contribution in [1.29, 1.82) is 5.26 Å². The van der Waals surface area contributed by atoms with Crippen LogP contribution >= 0.6 is 0 Å². The quantitative estimate of drug-likeness (QED) is 0.647. The molecule has 0 aromatic carbocycles. The number of nitriles is 1. The van der Waals surface area contributed by atoms with Crippen molar-refractivity contribution in [3.63, 3.8) is 0 Å².